The Bertz CT molecular complexity index is 734. The largest absolute Gasteiger partial charge is 0.378 e. The molecule has 0 atom stereocenters. The molecule has 3 rings (SSSR count). The molecule has 1 saturated heterocycles. The van der Waals surface area contributed by atoms with Crippen molar-refractivity contribution >= 4 is 29.0 Å². The van der Waals surface area contributed by atoms with Crippen LogP contribution in [0.4, 0.5) is 20.2 Å². The molecule has 1 aliphatic rings. The highest BCUT2D eigenvalue weighted by Gasteiger charge is 2.11. The molecule has 1 fully saturated rings. The lowest BCUT2D eigenvalue weighted by Crippen LogP contribution is -2.36. The van der Waals surface area contributed by atoms with E-state index in [1.165, 1.54) is 6.07 Å². The molecule has 1 aliphatic heterocycles. The SMILES string of the molecule is O=C(CSc1ccc(F)c(F)c1)Nc1ccc(N2CCOCC2)cc1. The summed E-state index contributed by atoms with van der Waals surface area (Å²) in [6, 6.07) is 11.2. The van der Waals surface area contributed by atoms with Crippen LogP contribution in [0.3, 0.4) is 0 Å². The lowest BCUT2D eigenvalue weighted by molar-refractivity contribution is -0.113. The van der Waals surface area contributed by atoms with E-state index in [9.17, 15) is 13.6 Å². The van der Waals surface area contributed by atoms with E-state index < -0.39 is 11.6 Å². The van der Waals surface area contributed by atoms with Gasteiger partial charge in [-0.2, -0.15) is 0 Å². The van der Waals surface area contributed by atoms with Crippen LogP contribution in [-0.4, -0.2) is 38.0 Å². The zero-order valence-corrected chi connectivity index (χ0v) is 14.3. The summed E-state index contributed by atoms with van der Waals surface area (Å²) >= 11 is 1.16. The second kappa shape index (κ2) is 8.31. The Balaban J connectivity index is 1.51. The standard InChI is InChI=1S/C18H18F2N2O2S/c19-16-6-5-15(11-17(16)20)25-12-18(23)21-13-1-3-14(4-2-13)22-7-9-24-10-8-22/h1-6,11H,7-10,12H2,(H,21,23). The van der Waals surface area contributed by atoms with Crippen LogP contribution >= 0.6 is 11.8 Å². The predicted octanol–water partition coefficient (Wildman–Crippen LogP) is 3.53. The number of hydrogen-bond donors (Lipinski definition) is 1. The number of ether oxygens (including phenoxy) is 1. The van der Waals surface area contributed by atoms with E-state index in [4.69, 9.17) is 4.74 Å². The van der Waals surface area contributed by atoms with Crippen LogP contribution in [0, 0.1) is 11.6 Å². The van der Waals surface area contributed by atoms with Gasteiger partial charge in [0.05, 0.1) is 19.0 Å². The molecule has 1 N–H and O–H groups in total. The first-order valence-corrected chi connectivity index (χ1v) is 8.91. The highest BCUT2D eigenvalue weighted by Crippen LogP contribution is 2.22. The molecule has 25 heavy (non-hydrogen) atoms. The minimum Gasteiger partial charge on any atom is -0.378 e. The maximum Gasteiger partial charge on any atom is 0.234 e. The number of nitrogens with one attached hydrogen (secondary N) is 1. The molecule has 1 amide bonds. The van der Waals surface area contributed by atoms with Crippen molar-refractivity contribution in [3.05, 3.63) is 54.1 Å². The molecule has 1 heterocycles. The fourth-order valence-corrected chi connectivity index (χ4v) is 3.21. The third-order valence-electron chi connectivity index (χ3n) is 3.79. The minimum atomic E-state index is -0.913. The van der Waals surface area contributed by atoms with Crippen molar-refractivity contribution in [2.45, 2.75) is 4.90 Å². The Morgan fingerprint density at radius 2 is 1.80 bits per heavy atom. The summed E-state index contributed by atoms with van der Waals surface area (Å²) < 4.78 is 31.3. The van der Waals surface area contributed by atoms with Crippen LogP contribution in [0.1, 0.15) is 0 Å². The molecule has 2 aromatic rings. The Morgan fingerprint density at radius 3 is 2.48 bits per heavy atom. The van der Waals surface area contributed by atoms with E-state index in [1.54, 1.807) is 0 Å². The highest BCUT2D eigenvalue weighted by atomic mass is 32.2. The number of morpholine rings is 1. The summed E-state index contributed by atoms with van der Waals surface area (Å²) in [4.78, 5) is 14.7. The van der Waals surface area contributed by atoms with Crippen LogP contribution in [0.25, 0.3) is 0 Å². The Kier molecular flexibility index (Phi) is 5.88. The molecule has 0 radical (unpaired) electrons. The number of rotatable bonds is 5. The van der Waals surface area contributed by atoms with Crippen molar-refractivity contribution in [2.75, 3.05) is 42.3 Å². The molecule has 2 aromatic carbocycles. The summed E-state index contributed by atoms with van der Waals surface area (Å²) in [5, 5.41) is 2.80. The summed E-state index contributed by atoms with van der Waals surface area (Å²) in [5.74, 6) is -1.89. The minimum absolute atomic E-state index is 0.121. The number of hydrogen-bond acceptors (Lipinski definition) is 4. The van der Waals surface area contributed by atoms with Crippen molar-refractivity contribution < 1.29 is 18.3 Å². The van der Waals surface area contributed by atoms with E-state index in [0.29, 0.717) is 10.6 Å². The first-order chi connectivity index (χ1) is 12.1. The summed E-state index contributed by atoms with van der Waals surface area (Å²) in [6.07, 6.45) is 0. The van der Waals surface area contributed by atoms with Crippen LogP contribution < -0.4 is 10.2 Å². The van der Waals surface area contributed by atoms with Gasteiger partial charge in [0.25, 0.3) is 0 Å². The molecule has 7 heteroatoms. The summed E-state index contributed by atoms with van der Waals surface area (Å²) in [6.45, 7) is 3.16. The van der Waals surface area contributed by atoms with E-state index in [0.717, 1.165) is 55.9 Å². The number of anilines is 2. The quantitative estimate of drug-likeness (QED) is 0.824. The topological polar surface area (TPSA) is 41.6 Å². The third-order valence-corrected chi connectivity index (χ3v) is 4.78. The van der Waals surface area contributed by atoms with Crippen molar-refractivity contribution in [3.63, 3.8) is 0 Å². The highest BCUT2D eigenvalue weighted by molar-refractivity contribution is 8.00. The normalized spacial score (nSPS) is 14.4. The second-order valence-corrected chi connectivity index (χ2v) is 6.61. The van der Waals surface area contributed by atoms with Gasteiger partial charge in [-0.3, -0.25) is 4.79 Å². The molecule has 0 spiro atoms. The molecular weight excluding hydrogens is 346 g/mol. The number of amides is 1. The van der Waals surface area contributed by atoms with Crippen molar-refractivity contribution in [1.29, 1.82) is 0 Å². The van der Waals surface area contributed by atoms with Crippen LogP contribution in [0.5, 0.6) is 0 Å². The maximum absolute atomic E-state index is 13.1. The molecule has 132 valence electrons. The Hall–Kier alpha value is -2.12. The van der Waals surface area contributed by atoms with Gasteiger partial charge in [0.15, 0.2) is 11.6 Å². The molecule has 4 nitrogen and oxygen atoms in total. The fourth-order valence-electron chi connectivity index (χ4n) is 2.49. The molecule has 0 aromatic heterocycles. The molecule has 0 unspecified atom stereocenters. The third kappa shape index (κ3) is 4.93. The first kappa shape index (κ1) is 17.7. The molecule has 0 bridgehead atoms. The van der Waals surface area contributed by atoms with Crippen molar-refractivity contribution in [3.8, 4) is 0 Å². The van der Waals surface area contributed by atoms with Gasteiger partial charge in [-0.05, 0) is 42.5 Å². The molecular formula is C18H18F2N2O2S. The average Bonchev–Trinajstić information content (AvgIpc) is 2.64. The summed E-state index contributed by atoms with van der Waals surface area (Å²) in [7, 11) is 0. The van der Waals surface area contributed by atoms with Crippen molar-refractivity contribution in [2.24, 2.45) is 0 Å². The van der Waals surface area contributed by atoms with Gasteiger partial charge in [-0.25, -0.2) is 8.78 Å². The number of benzene rings is 2. The lowest BCUT2D eigenvalue weighted by atomic mass is 10.2. The first-order valence-electron chi connectivity index (χ1n) is 7.92. The fraction of sp³-hybridized carbons (Fsp3) is 0.278. The Morgan fingerprint density at radius 1 is 1.08 bits per heavy atom. The molecule has 0 aliphatic carbocycles. The average molecular weight is 364 g/mol. The van der Waals surface area contributed by atoms with Gasteiger partial charge in [-0.15, -0.1) is 11.8 Å². The maximum atomic E-state index is 13.1. The van der Waals surface area contributed by atoms with E-state index in [1.807, 2.05) is 24.3 Å². The monoisotopic (exact) mass is 364 g/mol. The van der Waals surface area contributed by atoms with Gasteiger partial charge < -0.3 is 15.0 Å². The van der Waals surface area contributed by atoms with Crippen LogP contribution in [0.15, 0.2) is 47.4 Å². The van der Waals surface area contributed by atoms with Gasteiger partial charge in [0, 0.05) is 29.4 Å². The smallest absolute Gasteiger partial charge is 0.234 e. The van der Waals surface area contributed by atoms with E-state index in [2.05, 4.69) is 10.2 Å². The second-order valence-electron chi connectivity index (χ2n) is 5.56. The van der Waals surface area contributed by atoms with Gasteiger partial charge in [0.1, 0.15) is 0 Å². The number of halogens is 2. The summed E-state index contributed by atoms with van der Waals surface area (Å²) in [5.41, 5.74) is 1.80. The lowest BCUT2D eigenvalue weighted by Gasteiger charge is -2.28. The Labute approximate surface area is 149 Å². The number of carbonyl (C=O) groups is 1. The molecule has 0 saturated carbocycles. The van der Waals surface area contributed by atoms with Crippen LogP contribution in [-0.2, 0) is 9.53 Å². The predicted molar refractivity (Wildman–Crippen MR) is 95.2 cm³/mol. The van der Waals surface area contributed by atoms with Gasteiger partial charge >= 0.3 is 0 Å². The zero-order chi connectivity index (χ0) is 17.6. The van der Waals surface area contributed by atoms with Crippen molar-refractivity contribution in [1.82, 2.24) is 0 Å². The number of nitrogens with zero attached hydrogens (tertiary/aromatic N) is 1. The zero-order valence-electron chi connectivity index (χ0n) is 13.5. The van der Waals surface area contributed by atoms with E-state index in [-0.39, 0.29) is 11.7 Å². The van der Waals surface area contributed by atoms with Crippen LogP contribution in [0.2, 0.25) is 0 Å². The number of carbonyl (C=O) groups excluding carboxylic acids is 1. The van der Waals surface area contributed by atoms with Gasteiger partial charge in [0.2, 0.25) is 5.91 Å². The number of thioether (sulfide) groups is 1. The van der Waals surface area contributed by atoms with E-state index >= 15 is 0 Å². The van der Waals surface area contributed by atoms with Gasteiger partial charge in [-0.1, -0.05) is 0 Å².